The number of hydrogen-bond acceptors (Lipinski definition) is 7. The molecule has 31 heavy (non-hydrogen) atoms. The van der Waals surface area contributed by atoms with Crippen LogP contribution in [-0.4, -0.2) is 50.9 Å². The molecule has 3 rings (SSSR count). The Balaban J connectivity index is 2.21. The number of carbonyl (C=O) groups excluding carboxylic acids is 1. The quantitative estimate of drug-likeness (QED) is 0.533. The van der Waals surface area contributed by atoms with Crippen molar-refractivity contribution in [1.29, 1.82) is 0 Å². The van der Waals surface area contributed by atoms with E-state index < -0.39 is 17.2 Å². The van der Waals surface area contributed by atoms with Gasteiger partial charge in [0, 0.05) is 38.9 Å². The molecule has 10 nitrogen and oxygen atoms in total. The van der Waals surface area contributed by atoms with E-state index in [-0.39, 0.29) is 12.5 Å². The number of aromatic nitrogens is 4. The Morgan fingerprint density at radius 1 is 1.32 bits per heavy atom. The summed E-state index contributed by atoms with van der Waals surface area (Å²) < 4.78 is 8.79. The Hall–Kier alpha value is -3.14. The van der Waals surface area contributed by atoms with Crippen LogP contribution < -0.4 is 21.9 Å². The van der Waals surface area contributed by atoms with Gasteiger partial charge in [0.2, 0.25) is 5.95 Å². The van der Waals surface area contributed by atoms with Gasteiger partial charge in [-0.1, -0.05) is 17.7 Å². The highest BCUT2D eigenvalue weighted by Gasteiger charge is 2.25. The van der Waals surface area contributed by atoms with Gasteiger partial charge in [-0.15, -0.1) is 0 Å². The van der Waals surface area contributed by atoms with Gasteiger partial charge in [-0.3, -0.25) is 14.2 Å². The number of fused-ring (bicyclic) bond motifs is 1. The lowest BCUT2D eigenvalue weighted by molar-refractivity contribution is -0.139. The molecule has 2 aromatic heterocycles. The van der Waals surface area contributed by atoms with Gasteiger partial charge in [-0.2, -0.15) is 4.98 Å². The van der Waals surface area contributed by atoms with E-state index in [0.29, 0.717) is 30.2 Å². The van der Waals surface area contributed by atoms with Crippen LogP contribution in [0.3, 0.4) is 0 Å². The van der Waals surface area contributed by atoms with Crippen molar-refractivity contribution in [3.05, 3.63) is 38.6 Å². The Morgan fingerprint density at radius 2 is 2.06 bits per heavy atom. The van der Waals surface area contributed by atoms with Crippen molar-refractivity contribution in [2.75, 3.05) is 25.1 Å². The average Bonchev–Trinajstić information content (AvgIpc) is 3.12. The van der Waals surface area contributed by atoms with Crippen LogP contribution in [0.5, 0.6) is 0 Å². The standard InChI is InChI=1S/C21H30N6O4/c1-14(2)9-12-26-17-18(23-20(26)25-10-5-7-15(22)13-25)24(3)21(30)27(19(17)29)11-6-8-16(28)31-4/h6,9,11,15H,5,7-8,10,12-13,22H2,1-4H3. The molecule has 1 aliphatic heterocycles. The van der Waals surface area contributed by atoms with Crippen LogP contribution in [0, 0.1) is 0 Å². The van der Waals surface area contributed by atoms with Crippen molar-refractivity contribution >= 4 is 29.3 Å². The predicted molar refractivity (Wildman–Crippen MR) is 120 cm³/mol. The van der Waals surface area contributed by atoms with Gasteiger partial charge < -0.3 is 19.9 Å². The Kier molecular flexibility index (Phi) is 6.79. The molecule has 0 aromatic carbocycles. The van der Waals surface area contributed by atoms with E-state index in [0.717, 1.165) is 29.5 Å². The van der Waals surface area contributed by atoms with E-state index in [1.807, 2.05) is 24.5 Å². The molecular weight excluding hydrogens is 400 g/mol. The summed E-state index contributed by atoms with van der Waals surface area (Å²) in [6.07, 6.45) is 6.60. The lowest BCUT2D eigenvalue weighted by Gasteiger charge is -2.31. The van der Waals surface area contributed by atoms with Crippen molar-refractivity contribution in [1.82, 2.24) is 18.7 Å². The number of piperidine rings is 1. The highest BCUT2D eigenvalue weighted by atomic mass is 16.5. The van der Waals surface area contributed by atoms with Crippen molar-refractivity contribution in [2.45, 2.75) is 45.7 Å². The van der Waals surface area contributed by atoms with Gasteiger partial charge in [0.1, 0.15) is 0 Å². The zero-order valence-corrected chi connectivity index (χ0v) is 18.5. The highest BCUT2D eigenvalue weighted by molar-refractivity contribution is 5.75. The number of nitrogens with zero attached hydrogens (tertiary/aromatic N) is 5. The van der Waals surface area contributed by atoms with Crippen molar-refractivity contribution in [2.24, 2.45) is 12.8 Å². The van der Waals surface area contributed by atoms with E-state index in [1.54, 1.807) is 7.05 Å². The van der Waals surface area contributed by atoms with Crippen LogP contribution in [0.2, 0.25) is 0 Å². The molecule has 2 N–H and O–H groups in total. The third-order valence-corrected chi connectivity index (χ3v) is 5.35. The number of esters is 1. The number of methoxy groups -OCH3 is 1. The van der Waals surface area contributed by atoms with Crippen LogP contribution in [0.15, 0.2) is 27.3 Å². The topological polar surface area (TPSA) is 117 Å². The van der Waals surface area contributed by atoms with E-state index in [1.165, 1.54) is 24.0 Å². The van der Waals surface area contributed by atoms with Crippen LogP contribution in [0.25, 0.3) is 17.4 Å². The van der Waals surface area contributed by atoms with E-state index in [9.17, 15) is 14.4 Å². The molecule has 0 bridgehead atoms. The number of nitrogens with two attached hydrogens (primary N) is 1. The summed E-state index contributed by atoms with van der Waals surface area (Å²) in [6.45, 7) is 5.84. The molecule has 0 radical (unpaired) electrons. The molecule has 2 aromatic rings. The third kappa shape index (κ3) is 4.63. The molecule has 3 heterocycles. The summed E-state index contributed by atoms with van der Waals surface area (Å²) in [5, 5.41) is 0. The van der Waals surface area contributed by atoms with Gasteiger partial charge in [-0.25, -0.2) is 9.36 Å². The van der Waals surface area contributed by atoms with Gasteiger partial charge in [0.05, 0.1) is 13.5 Å². The lowest BCUT2D eigenvalue weighted by atomic mass is 10.1. The van der Waals surface area contributed by atoms with Crippen LogP contribution in [0.4, 0.5) is 5.95 Å². The first kappa shape index (κ1) is 22.5. The Labute approximate surface area is 180 Å². The summed E-state index contributed by atoms with van der Waals surface area (Å²) >= 11 is 0. The second-order valence-corrected chi connectivity index (χ2v) is 8.01. The minimum absolute atomic E-state index is 0.0344. The van der Waals surface area contributed by atoms with Crippen LogP contribution in [0.1, 0.15) is 33.1 Å². The first-order chi connectivity index (χ1) is 14.7. The predicted octanol–water partition coefficient (Wildman–Crippen LogP) is 0.824. The first-order valence-electron chi connectivity index (χ1n) is 10.3. The number of anilines is 1. The summed E-state index contributed by atoms with van der Waals surface area (Å²) in [7, 11) is 2.86. The van der Waals surface area contributed by atoms with Gasteiger partial charge in [0.15, 0.2) is 11.2 Å². The number of aryl methyl sites for hydroxylation is 1. The van der Waals surface area contributed by atoms with Gasteiger partial charge >= 0.3 is 11.7 Å². The number of allylic oxidation sites excluding steroid dienone is 2. The average molecular weight is 431 g/mol. The minimum atomic E-state index is -0.535. The summed E-state index contributed by atoms with van der Waals surface area (Å²) in [4.78, 5) is 44.3. The largest absolute Gasteiger partial charge is 0.469 e. The minimum Gasteiger partial charge on any atom is -0.469 e. The second kappa shape index (κ2) is 9.34. The lowest BCUT2D eigenvalue weighted by Crippen LogP contribution is -2.44. The monoisotopic (exact) mass is 430 g/mol. The molecule has 1 atom stereocenters. The zero-order valence-electron chi connectivity index (χ0n) is 18.5. The number of ether oxygens (including phenoxy) is 1. The van der Waals surface area contributed by atoms with Crippen LogP contribution >= 0.6 is 0 Å². The van der Waals surface area contributed by atoms with E-state index in [4.69, 9.17) is 5.73 Å². The fraction of sp³-hybridized carbons (Fsp3) is 0.524. The maximum atomic E-state index is 13.3. The summed E-state index contributed by atoms with van der Waals surface area (Å²) in [6, 6.07) is 0.0344. The maximum absolute atomic E-state index is 13.3. The second-order valence-electron chi connectivity index (χ2n) is 8.01. The fourth-order valence-electron chi connectivity index (χ4n) is 3.68. The van der Waals surface area contributed by atoms with Gasteiger partial charge in [0.25, 0.3) is 5.56 Å². The number of hydrogen-bond donors (Lipinski definition) is 1. The SMILES string of the molecule is COC(=O)CC=Cn1c(=O)c2c(nc(N3CCCC(N)C3)n2CC=C(C)C)n(C)c1=O. The molecule has 168 valence electrons. The summed E-state index contributed by atoms with van der Waals surface area (Å²) in [5.74, 6) is 0.172. The summed E-state index contributed by atoms with van der Waals surface area (Å²) in [5.41, 5.74) is 6.91. The normalized spacial score (nSPS) is 16.8. The number of rotatable bonds is 6. The van der Waals surface area contributed by atoms with Gasteiger partial charge in [-0.05, 0) is 26.7 Å². The zero-order chi connectivity index (χ0) is 22.7. The first-order valence-corrected chi connectivity index (χ1v) is 10.3. The molecule has 0 saturated carbocycles. The molecule has 1 unspecified atom stereocenters. The Bertz CT molecular complexity index is 1150. The molecular formula is C21H30N6O4. The van der Waals surface area contributed by atoms with E-state index in [2.05, 4.69) is 14.6 Å². The smallest absolute Gasteiger partial charge is 0.336 e. The third-order valence-electron chi connectivity index (χ3n) is 5.35. The van der Waals surface area contributed by atoms with Crippen LogP contribution in [-0.2, 0) is 23.1 Å². The molecule has 1 fully saturated rings. The number of imidazole rings is 1. The molecule has 1 saturated heterocycles. The van der Waals surface area contributed by atoms with Crippen molar-refractivity contribution < 1.29 is 9.53 Å². The Morgan fingerprint density at radius 3 is 2.71 bits per heavy atom. The molecule has 0 aliphatic carbocycles. The molecule has 0 spiro atoms. The van der Waals surface area contributed by atoms with E-state index >= 15 is 0 Å². The highest BCUT2D eigenvalue weighted by Crippen LogP contribution is 2.23. The maximum Gasteiger partial charge on any atom is 0.336 e. The molecule has 10 heteroatoms. The van der Waals surface area contributed by atoms with Crippen molar-refractivity contribution in [3.8, 4) is 0 Å². The molecule has 0 amide bonds. The molecule has 1 aliphatic rings. The van der Waals surface area contributed by atoms with Crippen molar-refractivity contribution in [3.63, 3.8) is 0 Å². The number of carbonyl (C=O) groups is 1. The fourth-order valence-corrected chi connectivity index (χ4v) is 3.68.